The Labute approximate surface area is 237 Å². The third kappa shape index (κ3) is 4.11. The smallest absolute Gasteiger partial charge is 0.236 e. The van der Waals surface area contributed by atoms with Crippen molar-refractivity contribution in [3.8, 4) is 28.7 Å². The highest BCUT2D eigenvalue weighted by atomic mass is 35.5. The van der Waals surface area contributed by atoms with Gasteiger partial charge in [-0.3, -0.25) is 14.4 Å². The molecule has 1 spiro atoms. The molecule has 2 aliphatic heterocycles. The summed E-state index contributed by atoms with van der Waals surface area (Å²) in [5.74, 6) is -1.10. The van der Waals surface area contributed by atoms with Gasteiger partial charge in [-0.15, -0.1) is 0 Å². The van der Waals surface area contributed by atoms with Gasteiger partial charge in [0.1, 0.15) is 28.7 Å². The Morgan fingerprint density at radius 2 is 1.73 bits per heavy atom. The van der Waals surface area contributed by atoms with E-state index in [1.54, 1.807) is 25.1 Å². The van der Waals surface area contributed by atoms with Gasteiger partial charge in [0.25, 0.3) is 0 Å². The highest BCUT2D eigenvalue weighted by Gasteiger charge is 2.63. The molecule has 0 fully saturated rings. The highest BCUT2D eigenvalue weighted by molar-refractivity contribution is 6.36. The topological polar surface area (TPSA) is 109 Å². The summed E-state index contributed by atoms with van der Waals surface area (Å²) in [5.41, 5.74) is 0.523. The second-order valence-corrected chi connectivity index (χ2v) is 10.6. The monoisotopic (exact) mass is 567 g/mol. The number of allylic oxidation sites excluding steroid dienone is 1. The second-order valence-electron chi connectivity index (χ2n) is 10.3. The van der Waals surface area contributed by atoms with Crippen molar-refractivity contribution in [1.82, 2.24) is 5.32 Å². The van der Waals surface area contributed by atoms with Gasteiger partial charge < -0.3 is 29.0 Å². The van der Waals surface area contributed by atoms with E-state index >= 15 is 0 Å². The summed E-state index contributed by atoms with van der Waals surface area (Å²) in [5, 5.41) is 2.94. The van der Waals surface area contributed by atoms with E-state index in [-0.39, 0.29) is 46.6 Å². The minimum absolute atomic E-state index is 0.00317. The first-order chi connectivity index (χ1) is 19.1. The molecule has 5 rings (SSSR count). The number of carbonyl (C=O) groups is 3. The summed E-state index contributed by atoms with van der Waals surface area (Å²) in [6.45, 7) is 7.76. The van der Waals surface area contributed by atoms with Crippen LogP contribution in [0, 0.1) is 5.92 Å². The summed E-state index contributed by atoms with van der Waals surface area (Å²) in [6, 6.07) is 6.77. The van der Waals surface area contributed by atoms with Crippen molar-refractivity contribution in [1.29, 1.82) is 0 Å². The van der Waals surface area contributed by atoms with Crippen LogP contribution in [0.15, 0.2) is 47.7 Å². The van der Waals surface area contributed by atoms with E-state index in [0.29, 0.717) is 34.9 Å². The van der Waals surface area contributed by atoms with Gasteiger partial charge in [0.2, 0.25) is 23.1 Å². The molecule has 0 saturated carbocycles. The Hall–Kier alpha value is -3.98. The number of nitrogens with one attached hydrogen (secondary N) is 1. The number of hydrogen-bond donors (Lipinski definition) is 1. The fourth-order valence-corrected chi connectivity index (χ4v) is 5.96. The van der Waals surface area contributed by atoms with Gasteiger partial charge in [0.15, 0.2) is 17.2 Å². The molecule has 2 aromatic rings. The molecule has 9 nitrogen and oxygen atoms in total. The van der Waals surface area contributed by atoms with E-state index in [9.17, 15) is 14.4 Å². The number of ketones is 2. The maximum absolute atomic E-state index is 14.5. The lowest BCUT2D eigenvalue weighted by molar-refractivity contribution is -0.131. The molecular weight excluding hydrogens is 538 g/mol. The van der Waals surface area contributed by atoms with Crippen LogP contribution in [0.5, 0.6) is 28.7 Å². The van der Waals surface area contributed by atoms with Gasteiger partial charge in [-0.05, 0) is 36.6 Å². The van der Waals surface area contributed by atoms with E-state index in [4.69, 9.17) is 35.3 Å². The molecule has 0 radical (unpaired) electrons. The molecule has 0 aromatic heterocycles. The summed E-state index contributed by atoms with van der Waals surface area (Å²) in [6.07, 6.45) is 0.236. The first-order valence-electron chi connectivity index (χ1n) is 12.8. The molecule has 210 valence electrons. The van der Waals surface area contributed by atoms with Gasteiger partial charge >= 0.3 is 0 Å². The SMILES string of the molecule is C=C(C)COc1ccc(C2CC(=O)NC3=C2C(=O)[C@@]2(Oc4c(Cl)c(OC)cc(OC)c4C2=O)[C@H](C)C3)cc1OC. The number of Topliss-reactive ketones (excluding diaryl/α,β-unsaturated/α-hetero) is 2. The van der Waals surface area contributed by atoms with Crippen LogP contribution in [0.3, 0.4) is 0 Å². The molecule has 40 heavy (non-hydrogen) atoms. The summed E-state index contributed by atoms with van der Waals surface area (Å²) in [4.78, 5) is 41.4. The molecule has 3 aliphatic rings. The summed E-state index contributed by atoms with van der Waals surface area (Å²) in [7, 11) is 4.36. The van der Waals surface area contributed by atoms with E-state index < -0.39 is 29.0 Å². The van der Waals surface area contributed by atoms with Crippen LogP contribution < -0.4 is 29.0 Å². The molecule has 0 bridgehead atoms. The number of carbonyl (C=O) groups excluding carboxylic acids is 3. The quantitative estimate of drug-likeness (QED) is 0.375. The number of rotatable bonds is 7. The molecule has 2 heterocycles. The average Bonchev–Trinajstić information content (AvgIpc) is 3.25. The highest BCUT2D eigenvalue weighted by Crippen LogP contribution is 2.55. The average molecular weight is 568 g/mol. The number of ether oxygens (including phenoxy) is 5. The van der Waals surface area contributed by atoms with Crippen LogP contribution >= 0.6 is 11.6 Å². The molecule has 0 saturated heterocycles. The predicted octanol–water partition coefficient (Wildman–Crippen LogP) is 4.80. The molecule has 3 atom stereocenters. The summed E-state index contributed by atoms with van der Waals surface area (Å²) < 4.78 is 28.4. The Balaban J connectivity index is 1.60. The number of hydrogen-bond acceptors (Lipinski definition) is 8. The fraction of sp³-hybridized carbons (Fsp3) is 0.367. The van der Waals surface area contributed by atoms with E-state index in [0.717, 1.165) is 5.57 Å². The molecule has 1 unspecified atom stereocenters. The van der Waals surface area contributed by atoms with Gasteiger partial charge in [0.05, 0.1) is 21.3 Å². The lowest BCUT2D eigenvalue weighted by Gasteiger charge is -2.41. The number of halogens is 1. The van der Waals surface area contributed by atoms with Crippen molar-refractivity contribution < 1.29 is 38.1 Å². The lowest BCUT2D eigenvalue weighted by Crippen LogP contribution is -2.59. The Morgan fingerprint density at radius 3 is 2.38 bits per heavy atom. The van der Waals surface area contributed by atoms with Crippen molar-refractivity contribution in [3.63, 3.8) is 0 Å². The van der Waals surface area contributed by atoms with Gasteiger partial charge in [-0.2, -0.15) is 0 Å². The molecule has 10 heteroatoms. The third-order valence-electron chi connectivity index (χ3n) is 7.62. The minimum atomic E-state index is -1.88. The molecule has 1 aliphatic carbocycles. The molecule has 1 amide bonds. The van der Waals surface area contributed by atoms with Crippen LogP contribution in [0.25, 0.3) is 0 Å². The first-order valence-corrected chi connectivity index (χ1v) is 13.2. The molecule has 1 N–H and O–H groups in total. The van der Waals surface area contributed by atoms with Crippen molar-refractivity contribution in [2.75, 3.05) is 27.9 Å². The molecular formula is C30H30ClNO8. The number of benzene rings is 2. The Morgan fingerprint density at radius 1 is 1.02 bits per heavy atom. The molecule has 2 aromatic carbocycles. The fourth-order valence-electron chi connectivity index (χ4n) is 5.70. The maximum Gasteiger partial charge on any atom is 0.236 e. The maximum atomic E-state index is 14.5. The largest absolute Gasteiger partial charge is 0.496 e. The zero-order chi connectivity index (χ0) is 28.9. The number of amides is 1. The second kappa shape index (κ2) is 10.2. The number of methoxy groups -OCH3 is 3. The van der Waals surface area contributed by atoms with E-state index in [1.807, 2.05) is 6.92 Å². The normalized spacial score (nSPS) is 23.3. The van der Waals surface area contributed by atoms with Crippen molar-refractivity contribution in [3.05, 3.63) is 63.8 Å². The predicted molar refractivity (Wildman–Crippen MR) is 147 cm³/mol. The summed E-state index contributed by atoms with van der Waals surface area (Å²) >= 11 is 6.55. The third-order valence-corrected chi connectivity index (χ3v) is 7.98. The van der Waals surface area contributed by atoms with Crippen molar-refractivity contribution in [2.45, 2.75) is 38.2 Å². The van der Waals surface area contributed by atoms with Crippen LogP contribution in [0.2, 0.25) is 5.02 Å². The number of fused-ring (bicyclic) bond motifs is 1. The standard InChI is InChI=1S/C30H30ClNO8/c1-14(2)13-39-19-8-7-16(10-20(19)36-4)17-11-23(33)32-18-9-15(3)30(28(34)24(17)18)29(35)25-21(37-5)12-22(38-6)26(31)27(25)40-30/h7-8,10,12,15,17H,1,9,11,13H2,2-6H3,(H,32,33)/t15-,17?,30+/m1/s1. The van der Waals surface area contributed by atoms with Crippen LogP contribution in [0.4, 0.5) is 0 Å². The van der Waals surface area contributed by atoms with E-state index in [2.05, 4.69) is 11.9 Å². The Bertz CT molecular complexity index is 1500. The lowest BCUT2D eigenvalue weighted by atomic mass is 9.66. The van der Waals surface area contributed by atoms with Crippen LogP contribution in [0.1, 0.15) is 48.5 Å². The zero-order valence-electron chi connectivity index (χ0n) is 22.9. The van der Waals surface area contributed by atoms with Gasteiger partial charge in [-0.25, -0.2) is 0 Å². The van der Waals surface area contributed by atoms with Crippen molar-refractivity contribution >= 4 is 29.1 Å². The van der Waals surface area contributed by atoms with Gasteiger partial charge in [0, 0.05) is 35.6 Å². The van der Waals surface area contributed by atoms with Crippen LogP contribution in [-0.4, -0.2) is 51.0 Å². The van der Waals surface area contributed by atoms with Gasteiger partial charge in [-0.1, -0.05) is 31.2 Å². The zero-order valence-corrected chi connectivity index (χ0v) is 23.7. The minimum Gasteiger partial charge on any atom is -0.496 e. The Kier molecular flexibility index (Phi) is 7.04. The van der Waals surface area contributed by atoms with E-state index in [1.165, 1.54) is 27.4 Å². The van der Waals surface area contributed by atoms with Crippen LogP contribution in [-0.2, 0) is 9.59 Å². The van der Waals surface area contributed by atoms with Crippen molar-refractivity contribution in [2.24, 2.45) is 5.92 Å². The first kappa shape index (κ1) is 27.6.